The van der Waals surface area contributed by atoms with E-state index in [1.807, 2.05) is 0 Å². The second-order valence-electron chi connectivity index (χ2n) is 4.99. The summed E-state index contributed by atoms with van der Waals surface area (Å²) in [6.45, 7) is 10.5. The van der Waals surface area contributed by atoms with Gasteiger partial charge in [-0.2, -0.15) is 0 Å². The molecule has 1 aliphatic rings. The molecule has 1 fully saturated rings. The predicted octanol–water partition coefficient (Wildman–Crippen LogP) is -0.132. The molecule has 1 amide bonds. The van der Waals surface area contributed by atoms with E-state index in [1.165, 1.54) is 0 Å². The molecule has 0 aromatic heterocycles. The minimum absolute atomic E-state index is 0.137. The Morgan fingerprint density at radius 2 is 1.94 bits per heavy atom. The molecule has 0 unspecified atom stereocenters. The van der Waals surface area contributed by atoms with Crippen molar-refractivity contribution >= 4 is 5.91 Å². The number of nitrogens with one attached hydrogen (secondary N) is 1. The van der Waals surface area contributed by atoms with Crippen LogP contribution in [0.2, 0.25) is 0 Å². The maximum atomic E-state index is 11.7. The summed E-state index contributed by atoms with van der Waals surface area (Å²) in [5.74, 6) is 0.137. The average molecular weight is 256 g/mol. The van der Waals surface area contributed by atoms with Gasteiger partial charge >= 0.3 is 0 Å². The van der Waals surface area contributed by atoms with Gasteiger partial charge in [0.05, 0.1) is 6.54 Å². The smallest absolute Gasteiger partial charge is 0.234 e. The minimum Gasteiger partial charge on any atom is -0.354 e. The molecule has 0 aliphatic carbocycles. The number of amides is 1. The molecule has 0 aromatic rings. The molecule has 0 spiro atoms. The van der Waals surface area contributed by atoms with Crippen molar-refractivity contribution in [2.24, 2.45) is 5.73 Å². The number of hydrogen-bond donors (Lipinski definition) is 2. The quantitative estimate of drug-likeness (QED) is 0.666. The van der Waals surface area contributed by atoms with Crippen LogP contribution < -0.4 is 11.1 Å². The molecule has 0 aromatic carbocycles. The van der Waals surface area contributed by atoms with Crippen LogP contribution in [0.5, 0.6) is 0 Å². The number of carbonyl (C=O) groups is 1. The van der Waals surface area contributed by atoms with E-state index < -0.39 is 0 Å². The van der Waals surface area contributed by atoms with Crippen LogP contribution in [0, 0.1) is 0 Å². The third kappa shape index (κ3) is 5.80. The van der Waals surface area contributed by atoms with E-state index in [4.69, 9.17) is 5.73 Å². The first kappa shape index (κ1) is 15.4. The van der Waals surface area contributed by atoms with Gasteiger partial charge in [-0.3, -0.25) is 9.69 Å². The van der Waals surface area contributed by atoms with Crippen molar-refractivity contribution < 1.29 is 4.79 Å². The van der Waals surface area contributed by atoms with Crippen LogP contribution in [0.1, 0.15) is 26.7 Å². The number of nitrogens with two attached hydrogens (primary N) is 1. The largest absolute Gasteiger partial charge is 0.354 e. The first-order valence-corrected chi connectivity index (χ1v) is 7.12. The standard InChI is InChI=1S/C13H28N4O/c1-3-16(4-2)10-7-15-13(18)11-17-8-5-12(14)6-9-17/h12H,3-11,14H2,1-2H3,(H,15,18). The number of nitrogens with zero attached hydrogens (tertiary/aromatic N) is 2. The summed E-state index contributed by atoms with van der Waals surface area (Å²) in [5, 5.41) is 2.99. The summed E-state index contributed by atoms with van der Waals surface area (Å²) < 4.78 is 0. The van der Waals surface area contributed by atoms with E-state index in [9.17, 15) is 4.79 Å². The van der Waals surface area contributed by atoms with E-state index >= 15 is 0 Å². The molecule has 0 saturated carbocycles. The molecule has 0 bridgehead atoms. The number of likely N-dealkylation sites (N-methyl/N-ethyl adjacent to an activating group) is 1. The molecule has 0 atom stereocenters. The summed E-state index contributed by atoms with van der Waals surface area (Å²) in [6.07, 6.45) is 2.01. The Hall–Kier alpha value is -0.650. The number of hydrogen-bond acceptors (Lipinski definition) is 4. The monoisotopic (exact) mass is 256 g/mol. The fraction of sp³-hybridized carbons (Fsp3) is 0.923. The molecule has 1 aliphatic heterocycles. The summed E-state index contributed by atoms with van der Waals surface area (Å²) in [6, 6.07) is 0.326. The highest BCUT2D eigenvalue weighted by molar-refractivity contribution is 5.78. The molecular formula is C13H28N4O. The van der Waals surface area contributed by atoms with Crippen LogP contribution in [0.3, 0.4) is 0 Å². The third-order valence-corrected chi connectivity index (χ3v) is 3.64. The Morgan fingerprint density at radius 1 is 1.33 bits per heavy atom. The summed E-state index contributed by atoms with van der Waals surface area (Å²) in [7, 11) is 0. The van der Waals surface area contributed by atoms with Crippen LogP contribution in [0.15, 0.2) is 0 Å². The van der Waals surface area contributed by atoms with Gasteiger partial charge < -0.3 is 16.0 Å². The fourth-order valence-corrected chi connectivity index (χ4v) is 2.26. The Balaban J connectivity index is 2.10. The Bertz CT molecular complexity index is 235. The van der Waals surface area contributed by atoms with Crippen molar-refractivity contribution in [3.8, 4) is 0 Å². The lowest BCUT2D eigenvalue weighted by atomic mass is 10.1. The number of piperidine rings is 1. The average Bonchev–Trinajstić information content (AvgIpc) is 2.37. The van der Waals surface area contributed by atoms with Crippen molar-refractivity contribution in [2.75, 3.05) is 45.8 Å². The highest BCUT2D eigenvalue weighted by atomic mass is 16.2. The van der Waals surface area contributed by atoms with Gasteiger partial charge in [-0.1, -0.05) is 13.8 Å². The van der Waals surface area contributed by atoms with Crippen LogP contribution in [-0.2, 0) is 4.79 Å². The maximum absolute atomic E-state index is 11.7. The van der Waals surface area contributed by atoms with Crippen molar-refractivity contribution in [1.82, 2.24) is 15.1 Å². The second kappa shape index (κ2) is 8.45. The molecule has 3 N–H and O–H groups in total. The van der Waals surface area contributed by atoms with Crippen molar-refractivity contribution in [3.05, 3.63) is 0 Å². The molecule has 5 nitrogen and oxygen atoms in total. The Labute approximate surface area is 111 Å². The lowest BCUT2D eigenvalue weighted by molar-refractivity contribution is -0.122. The normalized spacial score (nSPS) is 18.2. The van der Waals surface area contributed by atoms with Crippen LogP contribution in [0.4, 0.5) is 0 Å². The molecule has 106 valence electrons. The van der Waals surface area contributed by atoms with Crippen LogP contribution in [0.25, 0.3) is 0 Å². The molecule has 1 saturated heterocycles. The molecule has 0 radical (unpaired) electrons. The lowest BCUT2D eigenvalue weighted by Crippen LogP contribution is -2.45. The minimum atomic E-state index is 0.137. The van der Waals surface area contributed by atoms with Gasteiger partial charge in [0.25, 0.3) is 0 Å². The maximum Gasteiger partial charge on any atom is 0.234 e. The Kier molecular flexibility index (Phi) is 7.23. The van der Waals surface area contributed by atoms with E-state index in [0.717, 1.165) is 52.1 Å². The molecule has 5 heteroatoms. The van der Waals surface area contributed by atoms with E-state index in [1.54, 1.807) is 0 Å². The van der Waals surface area contributed by atoms with Crippen molar-refractivity contribution in [1.29, 1.82) is 0 Å². The topological polar surface area (TPSA) is 61.6 Å². The third-order valence-electron chi connectivity index (χ3n) is 3.64. The zero-order valence-corrected chi connectivity index (χ0v) is 11.8. The van der Waals surface area contributed by atoms with Crippen molar-refractivity contribution in [2.45, 2.75) is 32.7 Å². The van der Waals surface area contributed by atoms with Gasteiger partial charge in [0.1, 0.15) is 0 Å². The molecular weight excluding hydrogens is 228 g/mol. The van der Waals surface area contributed by atoms with E-state index in [0.29, 0.717) is 12.6 Å². The van der Waals surface area contributed by atoms with Crippen molar-refractivity contribution in [3.63, 3.8) is 0 Å². The van der Waals surface area contributed by atoms with Gasteiger partial charge in [0.15, 0.2) is 0 Å². The molecule has 1 heterocycles. The number of carbonyl (C=O) groups excluding carboxylic acids is 1. The summed E-state index contributed by atoms with van der Waals surface area (Å²) >= 11 is 0. The Morgan fingerprint density at radius 3 is 2.50 bits per heavy atom. The first-order valence-electron chi connectivity index (χ1n) is 7.12. The molecule has 18 heavy (non-hydrogen) atoms. The number of likely N-dealkylation sites (tertiary alicyclic amines) is 1. The zero-order chi connectivity index (χ0) is 13.4. The van der Waals surface area contributed by atoms with Gasteiger partial charge in [-0.15, -0.1) is 0 Å². The van der Waals surface area contributed by atoms with Gasteiger partial charge in [-0.05, 0) is 25.9 Å². The summed E-state index contributed by atoms with van der Waals surface area (Å²) in [5.41, 5.74) is 5.84. The zero-order valence-electron chi connectivity index (χ0n) is 11.8. The SMILES string of the molecule is CCN(CC)CCNC(=O)CN1CCC(N)CC1. The summed E-state index contributed by atoms with van der Waals surface area (Å²) in [4.78, 5) is 16.2. The lowest BCUT2D eigenvalue weighted by Gasteiger charge is -2.29. The van der Waals surface area contributed by atoms with Crippen LogP contribution >= 0.6 is 0 Å². The van der Waals surface area contributed by atoms with E-state index in [2.05, 4.69) is 29.0 Å². The van der Waals surface area contributed by atoms with Gasteiger partial charge in [-0.25, -0.2) is 0 Å². The fourth-order valence-electron chi connectivity index (χ4n) is 2.26. The highest BCUT2D eigenvalue weighted by Gasteiger charge is 2.17. The van der Waals surface area contributed by atoms with Gasteiger partial charge in [0.2, 0.25) is 5.91 Å². The van der Waals surface area contributed by atoms with Crippen LogP contribution in [-0.4, -0.2) is 67.6 Å². The van der Waals surface area contributed by atoms with Gasteiger partial charge in [0, 0.05) is 32.2 Å². The molecule has 1 rings (SSSR count). The second-order valence-corrected chi connectivity index (χ2v) is 4.99. The number of rotatable bonds is 7. The predicted molar refractivity (Wildman–Crippen MR) is 74.4 cm³/mol. The highest BCUT2D eigenvalue weighted by Crippen LogP contribution is 2.06. The van der Waals surface area contributed by atoms with E-state index in [-0.39, 0.29) is 5.91 Å². The first-order chi connectivity index (χ1) is 8.65.